The first kappa shape index (κ1) is 11.3. The molecule has 3 N–H and O–H groups in total. The van der Waals surface area contributed by atoms with Crippen LogP contribution in [0, 0.1) is 0 Å². The van der Waals surface area contributed by atoms with E-state index in [0.29, 0.717) is 12.4 Å². The first-order chi connectivity index (χ1) is 7.13. The van der Waals surface area contributed by atoms with Gasteiger partial charge in [-0.3, -0.25) is 4.79 Å². The zero-order valence-electron chi connectivity index (χ0n) is 9.03. The fraction of sp³-hybridized carbons (Fsp3) is 0.400. The van der Waals surface area contributed by atoms with Gasteiger partial charge in [0.25, 0.3) is 0 Å². The summed E-state index contributed by atoms with van der Waals surface area (Å²) in [5.41, 5.74) is 6.31. The Kier molecular flexibility index (Phi) is 3.91. The molecular formula is C10H16N4O. The standard InChI is InChI=1S/C10H16N4O/c1-3-14(2)10(15)7-13-8-4-5-12-9(11)6-8/h4-6H,3,7H2,1-2H3,(H3,11,12,13). The van der Waals surface area contributed by atoms with Gasteiger partial charge in [-0.25, -0.2) is 4.98 Å². The molecule has 5 nitrogen and oxygen atoms in total. The van der Waals surface area contributed by atoms with Crippen molar-refractivity contribution in [2.45, 2.75) is 6.92 Å². The molecule has 0 saturated carbocycles. The second kappa shape index (κ2) is 5.19. The van der Waals surface area contributed by atoms with E-state index in [-0.39, 0.29) is 12.5 Å². The molecular weight excluding hydrogens is 192 g/mol. The summed E-state index contributed by atoms with van der Waals surface area (Å²) in [5.74, 6) is 0.490. The monoisotopic (exact) mass is 208 g/mol. The molecule has 0 saturated heterocycles. The Balaban J connectivity index is 2.47. The molecule has 15 heavy (non-hydrogen) atoms. The molecule has 1 amide bonds. The van der Waals surface area contributed by atoms with Gasteiger partial charge in [0.1, 0.15) is 5.82 Å². The van der Waals surface area contributed by atoms with Crippen LogP contribution >= 0.6 is 0 Å². The van der Waals surface area contributed by atoms with E-state index < -0.39 is 0 Å². The Labute approximate surface area is 89.3 Å². The molecule has 0 unspecified atom stereocenters. The van der Waals surface area contributed by atoms with Crippen molar-refractivity contribution < 1.29 is 4.79 Å². The van der Waals surface area contributed by atoms with E-state index in [9.17, 15) is 4.79 Å². The number of aromatic nitrogens is 1. The van der Waals surface area contributed by atoms with Crippen LogP contribution in [0.2, 0.25) is 0 Å². The molecule has 0 fully saturated rings. The van der Waals surface area contributed by atoms with E-state index >= 15 is 0 Å². The Bertz CT molecular complexity index is 340. The maximum Gasteiger partial charge on any atom is 0.241 e. The van der Waals surface area contributed by atoms with Gasteiger partial charge in [-0.2, -0.15) is 0 Å². The minimum Gasteiger partial charge on any atom is -0.384 e. The molecule has 0 spiro atoms. The molecule has 0 aliphatic carbocycles. The van der Waals surface area contributed by atoms with Gasteiger partial charge in [-0.15, -0.1) is 0 Å². The first-order valence-corrected chi connectivity index (χ1v) is 4.83. The van der Waals surface area contributed by atoms with Gasteiger partial charge >= 0.3 is 0 Å². The number of nitrogens with one attached hydrogen (secondary N) is 1. The van der Waals surface area contributed by atoms with Crippen molar-refractivity contribution in [3.8, 4) is 0 Å². The summed E-state index contributed by atoms with van der Waals surface area (Å²) >= 11 is 0. The highest BCUT2D eigenvalue weighted by molar-refractivity contribution is 5.80. The third-order valence-corrected chi connectivity index (χ3v) is 2.12. The molecule has 82 valence electrons. The van der Waals surface area contributed by atoms with Gasteiger partial charge in [0.2, 0.25) is 5.91 Å². The van der Waals surface area contributed by atoms with Crippen LogP contribution in [0.1, 0.15) is 6.92 Å². The highest BCUT2D eigenvalue weighted by atomic mass is 16.2. The summed E-state index contributed by atoms with van der Waals surface area (Å²) in [6, 6.07) is 3.47. The fourth-order valence-corrected chi connectivity index (χ4v) is 1.05. The second-order valence-corrected chi connectivity index (χ2v) is 3.23. The largest absolute Gasteiger partial charge is 0.384 e. The molecule has 0 atom stereocenters. The quantitative estimate of drug-likeness (QED) is 0.758. The van der Waals surface area contributed by atoms with E-state index in [4.69, 9.17) is 5.73 Å². The smallest absolute Gasteiger partial charge is 0.241 e. The highest BCUT2D eigenvalue weighted by Gasteiger charge is 2.05. The second-order valence-electron chi connectivity index (χ2n) is 3.23. The number of likely N-dealkylation sites (N-methyl/N-ethyl adjacent to an activating group) is 1. The third-order valence-electron chi connectivity index (χ3n) is 2.12. The van der Waals surface area contributed by atoms with Crippen molar-refractivity contribution in [1.82, 2.24) is 9.88 Å². The lowest BCUT2D eigenvalue weighted by Crippen LogP contribution is -2.31. The Morgan fingerprint density at radius 2 is 2.40 bits per heavy atom. The van der Waals surface area contributed by atoms with Crippen molar-refractivity contribution in [2.24, 2.45) is 0 Å². The number of nitrogens with zero attached hydrogens (tertiary/aromatic N) is 2. The van der Waals surface area contributed by atoms with Crippen molar-refractivity contribution >= 4 is 17.4 Å². The maximum absolute atomic E-state index is 11.4. The third kappa shape index (κ3) is 3.46. The first-order valence-electron chi connectivity index (χ1n) is 4.83. The fourth-order valence-electron chi connectivity index (χ4n) is 1.05. The van der Waals surface area contributed by atoms with Crippen LogP contribution in [0.15, 0.2) is 18.3 Å². The van der Waals surface area contributed by atoms with Crippen molar-refractivity contribution in [3.63, 3.8) is 0 Å². The molecule has 0 radical (unpaired) electrons. The number of carbonyl (C=O) groups excluding carboxylic acids is 1. The zero-order chi connectivity index (χ0) is 11.3. The molecule has 1 aromatic heterocycles. The lowest BCUT2D eigenvalue weighted by molar-refractivity contribution is -0.127. The van der Waals surface area contributed by atoms with Crippen LogP contribution in [-0.4, -0.2) is 35.9 Å². The summed E-state index contributed by atoms with van der Waals surface area (Å²) in [7, 11) is 1.77. The van der Waals surface area contributed by atoms with Crippen LogP contribution in [-0.2, 0) is 4.79 Å². The number of carbonyl (C=O) groups is 1. The number of hydrogen-bond donors (Lipinski definition) is 2. The van der Waals surface area contributed by atoms with Crippen LogP contribution in [0.3, 0.4) is 0 Å². The van der Waals surface area contributed by atoms with Gasteiger partial charge in [0.05, 0.1) is 6.54 Å². The minimum absolute atomic E-state index is 0.0490. The van der Waals surface area contributed by atoms with Crippen molar-refractivity contribution in [2.75, 3.05) is 31.2 Å². The number of rotatable bonds is 4. The molecule has 0 aliphatic rings. The number of amides is 1. The predicted octanol–water partition coefficient (Wildman–Crippen LogP) is 0.554. The number of anilines is 2. The minimum atomic E-state index is 0.0490. The summed E-state index contributed by atoms with van der Waals surface area (Å²) in [5, 5.41) is 2.99. The van der Waals surface area contributed by atoms with E-state index in [0.717, 1.165) is 5.69 Å². The molecule has 0 aliphatic heterocycles. The van der Waals surface area contributed by atoms with Gasteiger partial charge in [0, 0.05) is 31.5 Å². The normalized spacial score (nSPS) is 9.73. The van der Waals surface area contributed by atoms with Gasteiger partial charge in [-0.1, -0.05) is 0 Å². The van der Waals surface area contributed by atoms with Gasteiger partial charge in [-0.05, 0) is 13.0 Å². The Hall–Kier alpha value is -1.78. The summed E-state index contributed by atoms with van der Waals surface area (Å²) in [6.45, 7) is 2.91. The highest BCUT2D eigenvalue weighted by Crippen LogP contribution is 2.08. The van der Waals surface area contributed by atoms with Crippen LogP contribution in [0.25, 0.3) is 0 Å². The van der Waals surface area contributed by atoms with Gasteiger partial charge < -0.3 is 16.0 Å². The predicted molar refractivity (Wildman–Crippen MR) is 60.5 cm³/mol. The van der Waals surface area contributed by atoms with Gasteiger partial charge in [0.15, 0.2) is 0 Å². The number of nitrogens with two attached hydrogens (primary N) is 1. The topological polar surface area (TPSA) is 71.2 Å². The average molecular weight is 208 g/mol. The molecule has 1 aromatic rings. The van der Waals surface area contributed by atoms with E-state index in [1.54, 1.807) is 30.3 Å². The maximum atomic E-state index is 11.4. The SMILES string of the molecule is CCN(C)C(=O)CNc1ccnc(N)c1. The summed E-state index contributed by atoms with van der Waals surface area (Å²) in [4.78, 5) is 17.0. The number of nitrogen functional groups attached to an aromatic ring is 1. The number of hydrogen-bond acceptors (Lipinski definition) is 4. The molecule has 0 bridgehead atoms. The molecule has 0 aromatic carbocycles. The molecule has 5 heteroatoms. The molecule has 1 rings (SSSR count). The average Bonchev–Trinajstić information content (AvgIpc) is 2.25. The van der Waals surface area contributed by atoms with E-state index in [1.807, 2.05) is 6.92 Å². The lowest BCUT2D eigenvalue weighted by atomic mass is 10.3. The summed E-state index contributed by atoms with van der Waals surface area (Å²) < 4.78 is 0. The Morgan fingerprint density at radius 3 is 3.00 bits per heavy atom. The molecule has 1 heterocycles. The van der Waals surface area contributed by atoms with Crippen LogP contribution in [0.4, 0.5) is 11.5 Å². The Morgan fingerprint density at radius 1 is 1.67 bits per heavy atom. The van der Waals surface area contributed by atoms with E-state index in [2.05, 4.69) is 10.3 Å². The number of pyridine rings is 1. The van der Waals surface area contributed by atoms with Crippen molar-refractivity contribution in [3.05, 3.63) is 18.3 Å². The van der Waals surface area contributed by atoms with Crippen LogP contribution < -0.4 is 11.1 Å². The lowest BCUT2D eigenvalue weighted by Gasteiger charge is -2.15. The van der Waals surface area contributed by atoms with Crippen molar-refractivity contribution in [1.29, 1.82) is 0 Å². The van der Waals surface area contributed by atoms with Crippen LogP contribution in [0.5, 0.6) is 0 Å². The zero-order valence-corrected chi connectivity index (χ0v) is 9.03. The summed E-state index contributed by atoms with van der Waals surface area (Å²) in [6.07, 6.45) is 1.60. The van der Waals surface area contributed by atoms with E-state index in [1.165, 1.54) is 0 Å².